The lowest BCUT2D eigenvalue weighted by molar-refractivity contribution is -0.117. The van der Waals surface area contributed by atoms with E-state index in [0.29, 0.717) is 6.42 Å². The highest BCUT2D eigenvalue weighted by Gasteiger charge is 2.28. The summed E-state index contributed by atoms with van der Waals surface area (Å²) in [5.74, 6) is -0.0157. The van der Waals surface area contributed by atoms with Crippen molar-refractivity contribution >= 4 is 11.6 Å². The second-order valence-corrected chi connectivity index (χ2v) is 3.49. The van der Waals surface area contributed by atoms with E-state index < -0.39 is 0 Å². The van der Waals surface area contributed by atoms with Gasteiger partial charge in [-0.25, -0.2) is 0 Å². The molecule has 0 aromatic heterocycles. The third-order valence-corrected chi connectivity index (χ3v) is 2.56. The van der Waals surface area contributed by atoms with Gasteiger partial charge in [-0.3, -0.25) is 4.79 Å². The largest absolute Gasteiger partial charge is 0.396 e. The number of carbonyl (C=O) groups excluding carboxylic acids is 1. The number of hydrogen-bond donors (Lipinski definition) is 2. The normalized spacial score (nSPS) is 19.2. The van der Waals surface area contributed by atoms with E-state index in [4.69, 9.17) is 5.11 Å². The zero-order valence-corrected chi connectivity index (χ0v) is 7.86. The first-order valence-electron chi connectivity index (χ1n) is 4.83. The van der Waals surface area contributed by atoms with Crippen molar-refractivity contribution in [1.29, 1.82) is 0 Å². The number of para-hydroxylation sites is 1. The zero-order chi connectivity index (χ0) is 9.97. The van der Waals surface area contributed by atoms with Gasteiger partial charge >= 0.3 is 0 Å². The van der Waals surface area contributed by atoms with Crippen molar-refractivity contribution in [3.8, 4) is 0 Å². The highest BCUT2D eigenvalue weighted by Crippen LogP contribution is 2.34. The van der Waals surface area contributed by atoms with Crippen LogP contribution in [-0.2, 0) is 4.79 Å². The summed E-state index contributed by atoms with van der Waals surface area (Å²) in [6.45, 7) is 0.145. The molecule has 1 amide bonds. The maximum Gasteiger partial charge on any atom is 0.232 e. The zero-order valence-electron chi connectivity index (χ0n) is 7.86. The van der Waals surface area contributed by atoms with E-state index in [2.05, 4.69) is 5.32 Å². The molecule has 0 saturated heterocycles. The van der Waals surface area contributed by atoms with Crippen LogP contribution in [-0.4, -0.2) is 17.6 Å². The van der Waals surface area contributed by atoms with Crippen LogP contribution in [0.5, 0.6) is 0 Å². The summed E-state index contributed by atoms with van der Waals surface area (Å²) in [7, 11) is 0. The topological polar surface area (TPSA) is 49.3 Å². The Balaban J connectivity index is 2.21. The van der Waals surface area contributed by atoms with Crippen molar-refractivity contribution in [3.05, 3.63) is 29.8 Å². The van der Waals surface area contributed by atoms with Gasteiger partial charge in [0.2, 0.25) is 5.91 Å². The second-order valence-electron chi connectivity index (χ2n) is 3.49. The fourth-order valence-corrected chi connectivity index (χ4v) is 1.86. The van der Waals surface area contributed by atoms with Gasteiger partial charge in [0.15, 0.2) is 0 Å². The minimum absolute atomic E-state index is 0.0552. The van der Waals surface area contributed by atoms with Gasteiger partial charge in [-0.05, 0) is 24.5 Å². The first-order chi connectivity index (χ1) is 6.83. The molecule has 74 valence electrons. The van der Waals surface area contributed by atoms with Crippen LogP contribution >= 0.6 is 0 Å². The number of hydrogen-bond acceptors (Lipinski definition) is 2. The lowest BCUT2D eigenvalue weighted by Gasteiger charge is -2.06. The molecular weight excluding hydrogens is 178 g/mol. The van der Waals surface area contributed by atoms with Gasteiger partial charge in [0.05, 0.1) is 5.92 Å². The molecule has 1 aliphatic heterocycles. The Kier molecular flexibility index (Phi) is 2.50. The molecule has 1 aromatic rings. The molecule has 1 heterocycles. The molecule has 14 heavy (non-hydrogen) atoms. The fraction of sp³-hybridized carbons (Fsp3) is 0.364. The van der Waals surface area contributed by atoms with Crippen molar-refractivity contribution in [3.63, 3.8) is 0 Å². The molecule has 0 spiro atoms. The van der Waals surface area contributed by atoms with Crippen molar-refractivity contribution in [2.75, 3.05) is 11.9 Å². The predicted octanol–water partition coefficient (Wildman–Crippen LogP) is 1.49. The smallest absolute Gasteiger partial charge is 0.232 e. The fourth-order valence-electron chi connectivity index (χ4n) is 1.86. The number of carbonyl (C=O) groups is 1. The van der Waals surface area contributed by atoms with E-state index in [0.717, 1.165) is 17.7 Å². The standard InChI is InChI=1S/C11H13NO2/c13-7-3-5-9-8-4-1-2-6-10(8)12-11(9)14/h1-2,4,6,9,13H,3,5,7H2,(H,12,14)/t9-/m0/s1. The molecule has 1 aliphatic rings. The summed E-state index contributed by atoms with van der Waals surface area (Å²) < 4.78 is 0. The Labute approximate surface area is 82.8 Å². The van der Waals surface area contributed by atoms with Gasteiger partial charge in [-0.2, -0.15) is 0 Å². The predicted molar refractivity (Wildman–Crippen MR) is 54.1 cm³/mol. The van der Waals surface area contributed by atoms with Crippen molar-refractivity contribution in [2.24, 2.45) is 0 Å². The van der Waals surface area contributed by atoms with E-state index in [-0.39, 0.29) is 18.4 Å². The molecule has 2 N–H and O–H groups in total. The van der Waals surface area contributed by atoms with Gasteiger partial charge in [0.25, 0.3) is 0 Å². The average Bonchev–Trinajstić information content (AvgIpc) is 2.51. The van der Waals surface area contributed by atoms with E-state index in [9.17, 15) is 4.79 Å². The Morgan fingerprint density at radius 2 is 2.14 bits per heavy atom. The van der Waals surface area contributed by atoms with E-state index >= 15 is 0 Å². The van der Waals surface area contributed by atoms with Crippen LogP contribution < -0.4 is 5.32 Å². The molecule has 3 heteroatoms. The molecule has 1 atom stereocenters. The van der Waals surface area contributed by atoms with Crippen LogP contribution in [0.25, 0.3) is 0 Å². The van der Waals surface area contributed by atoms with Crippen LogP contribution in [0.1, 0.15) is 24.3 Å². The number of anilines is 1. The Bertz CT molecular complexity index is 349. The Hall–Kier alpha value is -1.35. The van der Waals surface area contributed by atoms with Gasteiger partial charge in [-0.1, -0.05) is 18.2 Å². The molecule has 0 radical (unpaired) electrons. The second kappa shape index (κ2) is 3.80. The van der Waals surface area contributed by atoms with E-state index in [1.807, 2.05) is 24.3 Å². The third-order valence-electron chi connectivity index (χ3n) is 2.56. The Morgan fingerprint density at radius 1 is 1.36 bits per heavy atom. The van der Waals surface area contributed by atoms with Crippen molar-refractivity contribution < 1.29 is 9.90 Å². The van der Waals surface area contributed by atoms with Gasteiger partial charge in [0.1, 0.15) is 0 Å². The highest BCUT2D eigenvalue weighted by atomic mass is 16.3. The molecule has 0 unspecified atom stereocenters. The maximum absolute atomic E-state index is 11.5. The third kappa shape index (κ3) is 1.51. The number of benzene rings is 1. The maximum atomic E-state index is 11.5. The molecule has 0 aliphatic carbocycles. The van der Waals surface area contributed by atoms with E-state index in [1.165, 1.54) is 0 Å². The molecular formula is C11H13NO2. The lowest BCUT2D eigenvalue weighted by atomic mass is 9.96. The summed E-state index contributed by atoms with van der Waals surface area (Å²) in [5.41, 5.74) is 1.98. The number of rotatable bonds is 3. The monoisotopic (exact) mass is 191 g/mol. The van der Waals surface area contributed by atoms with Gasteiger partial charge in [-0.15, -0.1) is 0 Å². The number of aliphatic hydroxyl groups is 1. The van der Waals surface area contributed by atoms with Crippen LogP contribution in [0, 0.1) is 0 Å². The summed E-state index contributed by atoms with van der Waals surface area (Å²) in [6.07, 6.45) is 1.39. The molecule has 3 nitrogen and oxygen atoms in total. The first kappa shape index (κ1) is 9.21. The highest BCUT2D eigenvalue weighted by molar-refractivity contribution is 6.02. The van der Waals surface area contributed by atoms with Crippen LogP contribution in [0.15, 0.2) is 24.3 Å². The summed E-state index contributed by atoms with van der Waals surface area (Å²) in [4.78, 5) is 11.5. The van der Waals surface area contributed by atoms with E-state index in [1.54, 1.807) is 0 Å². The minimum atomic E-state index is -0.0710. The van der Waals surface area contributed by atoms with Crippen LogP contribution in [0.4, 0.5) is 5.69 Å². The summed E-state index contributed by atoms with van der Waals surface area (Å²) in [5, 5.41) is 11.6. The number of nitrogens with one attached hydrogen (secondary N) is 1. The SMILES string of the molecule is O=C1Nc2ccccc2[C@@H]1CCCO. The number of aliphatic hydroxyl groups excluding tert-OH is 1. The molecule has 2 rings (SSSR count). The van der Waals surface area contributed by atoms with Crippen molar-refractivity contribution in [2.45, 2.75) is 18.8 Å². The van der Waals surface area contributed by atoms with Gasteiger partial charge in [0, 0.05) is 12.3 Å². The Morgan fingerprint density at radius 3 is 2.93 bits per heavy atom. The lowest BCUT2D eigenvalue weighted by Crippen LogP contribution is -2.12. The molecule has 0 fully saturated rings. The van der Waals surface area contributed by atoms with Crippen molar-refractivity contribution in [1.82, 2.24) is 0 Å². The van der Waals surface area contributed by atoms with Crippen LogP contribution in [0.2, 0.25) is 0 Å². The van der Waals surface area contributed by atoms with Crippen LogP contribution in [0.3, 0.4) is 0 Å². The molecule has 1 aromatic carbocycles. The summed E-state index contributed by atoms with van der Waals surface area (Å²) >= 11 is 0. The van der Waals surface area contributed by atoms with Gasteiger partial charge < -0.3 is 10.4 Å². The first-order valence-corrected chi connectivity index (χ1v) is 4.83. The number of amides is 1. The average molecular weight is 191 g/mol. The number of fused-ring (bicyclic) bond motifs is 1. The summed E-state index contributed by atoms with van der Waals surface area (Å²) in [6, 6.07) is 7.72. The quantitative estimate of drug-likeness (QED) is 0.760. The minimum Gasteiger partial charge on any atom is -0.396 e. The molecule has 0 bridgehead atoms. The molecule has 0 saturated carbocycles.